The third-order valence-electron chi connectivity index (χ3n) is 2.54. The highest BCUT2D eigenvalue weighted by Gasteiger charge is 2.24. The van der Waals surface area contributed by atoms with Gasteiger partial charge in [-0.1, -0.05) is 28.1 Å². The van der Waals surface area contributed by atoms with Crippen molar-refractivity contribution >= 4 is 26.7 Å². The van der Waals surface area contributed by atoms with Crippen LogP contribution in [0.3, 0.4) is 0 Å². The highest BCUT2D eigenvalue weighted by molar-refractivity contribution is 9.10. The summed E-state index contributed by atoms with van der Waals surface area (Å²) < 4.78 is 25.7. The third kappa shape index (κ3) is 4.51. The van der Waals surface area contributed by atoms with Crippen LogP contribution in [0.2, 0.25) is 0 Å². The summed E-state index contributed by atoms with van der Waals surface area (Å²) in [7, 11) is -1.03. The lowest BCUT2D eigenvalue weighted by Gasteiger charge is -2.21. The van der Waals surface area contributed by atoms with Gasteiger partial charge < -0.3 is 0 Å². The Morgan fingerprint density at radius 1 is 1.41 bits per heavy atom. The molecule has 1 aromatic rings. The van der Waals surface area contributed by atoms with Crippen LogP contribution in [0.5, 0.6) is 0 Å². The number of benzene rings is 1. The van der Waals surface area contributed by atoms with E-state index < -0.39 is 17.5 Å². The summed E-state index contributed by atoms with van der Waals surface area (Å²) in [6.45, 7) is 5.27. The van der Waals surface area contributed by atoms with Crippen molar-refractivity contribution in [2.75, 3.05) is 12.4 Å². The zero-order chi connectivity index (χ0) is 13.1. The van der Waals surface area contributed by atoms with Crippen LogP contribution < -0.4 is 0 Å². The summed E-state index contributed by atoms with van der Waals surface area (Å²) in [6, 6.07) is 7.56. The van der Waals surface area contributed by atoms with Gasteiger partial charge in [0.05, 0.1) is 6.67 Å². The van der Waals surface area contributed by atoms with E-state index in [0.717, 1.165) is 10.0 Å². The molecule has 0 aliphatic carbocycles. The van der Waals surface area contributed by atoms with E-state index >= 15 is 0 Å². The van der Waals surface area contributed by atoms with E-state index in [1.807, 2.05) is 45.0 Å². The van der Waals surface area contributed by atoms with Gasteiger partial charge in [-0.05, 0) is 38.5 Å². The molecule has 96 valence electrons. The minimum atomic E-state index is -1.03. The van der Waals surface area contributed by atoms with Crippen LogP contribution in [0.1, 0.15) is 32.3 Å². The topological polar surface area (TPSA) is 17.1 Å². The number of alkyl halides is 1. The first-order chi connectivity index (χ1) is 7.84. The summed E-state index contributed by atoms with van der Waals surface area (Å²) >= 11 is 3.37. The van der Waals surface area contributed by atoms with Crippen molar-refractivity contribution in [3.05, 3.63) is 34.3 Å². The van der Waals surface area contributed by atoms with Crippen LogP contribution in [-0.4, -0.2) is 21.4 Å². The third-order valence-corrected chi connectivity index (χ3v) is 5.11. The van der Waals surface area contributed by atoms with Gasteiger partial charge in [0.2, 0.25) is 0 Å². The van der Waals surface area contributed by atoms with E-state index in [4.69, 9.17) is 0 Å². The molecule has 0 aliphatic rings. The lowest BCUT2D eigenvalue weighted by molar-refractivity contribution is 0.447. The van der Waals surface area contributed by atoms with Gasteiger partial charge in [0.25, 0.3) is 0 Å². The fourth-order valence-corrected chi connectivity index (χ4v) is 2.99. The van der Waals surface area contributed by atoms with Crippen LogP contribution in [0.4, 0.5) is 4.39 Å². The maximum absolute atomic E-state index is 13.1. The SMILES string of the molecule is CC(C)(C)[S@@](=O)CC(CF)c1cccc(Br)c1. The molecule has 1 aromatic carbocycles. The van der Waals surface area contributed by atoms with Gasteiger partial charge in [0.1, 0.15) is 0 Å². The van der Waals surface area contributed by atoms with E-state index in [-0.39, 0.29) is 10.7 Å². The fraction of sp³-hybridized carbons (Fsp3) is 0.538. The van der Waals surface area contributed by atoms with Gasteiger partial charge in [-0.25, -0.2) is 0 Å². The molecule has 0 saturated carbocycles. The van der Waals surface area contributed by atoms with Gasteiger partial charge in [-0.15, -0.1) is 0 Å². The largest absolute Gasteiger partial charge is 0.259 e. The Morgan fingerprint density at radius 3 is 2.53 bits per heavy atom. The van der Waals surface area contributed by atoms with Gasteiger partial charge in [-0.3, -0.25) is 8.60 Å². The maximum atomic E-state index is 13.1. The molecule has 2 atom stereocenters. The number of rotatable bonds is 4. The van der Waals surface area contributed by atoms with E-state index in [1.165, 1.54) is 0 Å². The van der Waals surface area contributed by atoms with E-state index in [1.54, 1.807) is 0 Å². The Labute approximate surface area is 113 Å². The molecular weight excluding hydrogens is 303 g/mol. The van der Waals surface area contributed by atoms with Crippen molar-refractivity contribution in [3.8, 4) is 0 Å². The lowest BCUT2D eigenvalue weighted by atomic mass is 10.0. The zero-order valence-electron chi connectivity index (χ0n) is 10.4. The smallest absolute Gasteiger partial charge is 0.0971 e. The summed E-state index contributed by atoms with van der Waals surface area (Å²) in [5.74, 6) is 0.0868. The molecule has 0 spiro atoms. The molecule has 0 N–H and O–H groups in total. The van der Waals surface area contributed by atoms with Crippen molar-refractivity contribution in [2.24, 2.45) is 0 Å². The summed E-state index contributed by atoms with van der Waals surface area (Å²) in [4.78, 5) is 0. The van der Waals surface area contributed by atoms with Crippen molar-refractivity contribution < 1.29 is 8.60 Å². The molecule has 1 rings (SSSR count). The van der Waals surface area contributed by atoms with Crippen LogP contribution in [0.25, 0.3) is 0 Å². The minimum Gasteiger partial charge on any atom is -0.259 e. The molecule has 4 heteroatoms. The maximum Gasteiger partial charge on any atom is 0.0971 e. The summed E-state index contributed by atoms with van der Waals surface area (Å²) in [5.41, 5.74) is 0.902. The molecule has 0 fully saturated rings. The molecule has 0 heterocycles. The summed E-state index contributed by atoms with van der Waals surface area (Å²) in [5, 5.41) is 0. The van der Waals surface area contributed by atoms with E-state index in [0.29, 0.717) is 5.75 Å². The molecule has 0 bridgehead atoms. The van der Waals surface area contributed by atoms with Crippen molar-refractivity contribution in [1.82, 2.24) is 0 Å². The van der Waals surface area contributed by atoms with Crippen molar-refractivity contribution in [2.45, 2.75) is 31.4 Å². The first-order valence-corrected chi connectivity index (χ1v) is 7.65. The van der Waals surface area contributed by atoms with Gasteiger partial charge >= 0.3 is 0 Å². The number of halogens is 2. The number of hydrogen-bond acceptors (Lipinski definition) is 1. The first kappa shape index (κ1) is 14.8. The molecule has 0 aliphatic heterocycles. The standard InChI is InChI=1S/C13H18BrFOS/c1-13(2,3)17(16)9-11(8-15)10-5-4-6-12(14)7-10/h4-7,11H,8-9H2,1-3H3/t11?,17-/m0/s1. The molecular formula is C13H18BrFOS. The normalized spacial score (nSPS) is 15.6. The Balaban J connectivity index is 2.83. The predicted octanol–water partition coefficient (Wildman–Crippen LogP) is 4.05. The fourth-order valence-electron chi connectivity index (χ4n) is 1.42. The molecule has 1 unspecified atom stereocenters. The molecule has 0 radical (unpaired) electrons. The van der Waals surface area contributed by atoms with Crippen molar-refractivity contribution in [3.63, 3.8) is 0 Å². The van der Waals surface area contributed by atoms with Gasteiger partial charge in [0, 0.05) is 31.7 Å². The quantitative estimate of drug-likeness (QED) is 0.818. The second-order valence-corrected chi connectivity index (χ2v) is 8.20. The summed E-state index contributed by atoms with van der Waals surface area (Å²) in [6.07, 6.45) is 0. The predicted molar refractivity (Wildman–Crippen MR) is 75.6 cm³/mol. The van der Waals surface area contributed by atoms with E-state index in [2.05, 4.69) is 15.9 Å². The zero-order valence-corrected chi connectivity index (χ0v) is 12.8. The first-order valence-electron chi connectivity index (χ1n) is 5.54. The monoisotopic (exact) mass is 320 g/mol. The van der Waals surface area contributed by atoms with Crippen LogP contribution in [0.15, 0.2) is 28.7 Å². The molecule has 0 amide bonds. The Hall–Kier alpha value is -0.220. The Morgan fingerprint density at radius 2 is 2.06 bits per heavy atom. The van der Waals surface area contributed by atoms with Crippen molar-refractivity contribution in [1.29, 1.82) is 0 Å². The van der Waals surface area contributed by atoms with Crippen LogP contribution >= 0.6 is 15.9 Å². The lowest BCUT2D eigenvalue weighted by Crippen LogP contribution is -2.27. The number of hydrogen-bond donors (Lipinski definition) is 0. The van der Waals surface area contributed by atoms with Crippen LogP contribution in [-0.2, 0) is 10.8 Å². The highest BCUT2D eigenvalue weighted by atomic mass is 79.9. The Bertz CT molecular complexity index is 401. The molecule has 17 heavy (non-hydrogen) atoms. The molecule has 0 saturated heterocycles. The van der Waals surface area contributed by atoms with Gasteiger partial charge in [0.15, 0.2) is 0 Å². The second kappa shape index (κ2) is 6.10. The Kier molecular flexibility index (Phi) is 5.32. The highest BCUT2D eigenvalue weighted by Crippen LogP contribution is 2.24. The average Bonchev–Trinajstić information content (AvgIpc) is 2.24. The molecule has 1 nitrogen and oxygen atoms in total. The van der Waals surface area contributed by atoms with Crippen LogP contribution in [0, 0.1) is 0 Å². The minimum absolute atomic E-state index is 0.285. The average molecular weight is 321 g/mol. The van der Waals surface area contributed by atoms with Gasteiger partial charge in [-0.2, -0.15) is 0 Å². The molecule has 0 aromatic heterocycles. The van der Waals surface area contributed by atoms with E-state index in [9.17, 15) is 8.60 Å². The second-order valence-electron chi connectivity index (χ2n) is 5.03.